The summed E-state index contributed by atoms with van der Waals surface area (Å²) in [6.45, 7) is 16.5. The molecule has 43 heavy (non-hydrogen) atoms. The Morgan fingerprint density at radius 1 is 1.02 bits per heavy atom. The molecule has 2 amide bonds. The van der Waals surface area contributed by atoms with Crippen LogP contribution < -0.4 is 15.4 Å². The smallest absolute Gasteiger partial charge is 0.222 e. The molecule has 9 heteroatoms. The van der Waals surface area contributed by atoms with Crippen LogP contribution in [0.3, 0.4) is 0 Å². The normalized spacial score (nSPS) is 14.9. The molecule has 2 aromatic rings. The molecule has 2 aromatic carbocycles. The van der Waals surface area contributed by atoms with Crippen molar-refractivity contribution in [2.75, 3.05) is 33.8 Å². The Bertz CT molecular complexity index is 1300. The maximum Gasteiger partial charge on any atom is 0.222 e. The van der Waals surface area contributed by atoms with E-state index in [9.17, 15) is 14.7 Å². The number of methoxy groups -OCH3 is 1. The van der Waals surface area contributed by atoms with Crippen LogP contribution in [0.25, 0.3) is 0 Å². The molecular weight excluding hydrogens is 542 g/mol. The lowest BCUT2D eigenvalue weighted by Crippen LogP contribution is -2.37. The molecule has 3 N–H and O–H groups in total. The second kappa shape index (κ2) is 17.4. The summed E-state index contributed by atoms with van der Waals surface area (Å²) in [4.78, 5) is 33.0. The molecule has 0 fully saturated rings. The summed E-state index contributed by atoms with van der Waals surface area (Å²) >= 11 is 0. The third-order valence-corrected chi connectivity index (χ3v) is 7.50. The summed E-state index contributed by atoms with van der Waals surface area (Å²) in [6.07, 6.45) is 2.73. The van der Waals surface area contributed by atoms with E-state index in [2.05, 4.69) is 66.5 Å². The van der Waals surface area contributed by atoms with Gasteiger partial charge in [-0.1, -0.05) is 39.8 Å². The lowest BCUT2D eigenvalue weighted by atomic mass is 10.1. The predicted molar refractivity (Wildman–Crippen MR) is 176 cm³/mol. The van der Waals surface area contributed by atoms with Crippen LogP contribution in [0.4, 0.5) is 0 Å². The molecule has 1 unspecified atom stereocenters. The SMILES string of the molecule is CC1=NC(c2ccc(C)c(C)c2)=NC1.CCC(=O)N(C)C1Cc2cc(O)c(OC)cc2C1.CCC(=O)NCCNC(C)C. The van der Waals surface area contributed by atoms with Crippen LogP contribution in [-0.4, -0.2) is 79.2 Å². The van der Waals surface area contributed by atoms with Gasteiger partial charge in [-0.15, -0.1) is 0 Å². The van der Waals surface area contributed by atoms with Crippen LogP contribution in [-0.2, 0) is 22.4 Å². The van der Waals surface area contributed by atoms with Gasteiger partial charge >= 0.3 is 0 Å². The second-order valence-corrected chi connectivity index (χ2v) is 11.3. The number of hydrogen-bond donors (Lipinski definition) is 3. The van der Waals surface area contributed by atoms with E-state index in [4.69, 9.17) is 4.74 Å². The first kappa shape index (κ1) is 35.5. The zero-order valence-electron chi connectivity index (χ0n) is 27.5. The van der Waals surface area contributed by atoms with Gasteiger partial charge in [-0.25, -0.2) is 4.99 Å². The Hall–Kier alpha value is -3.72. The van der Waals surface area contributed by atoms with E-state index in [1.807, 2.05) is 38.8 Å². The molecule has 0 saturated heterocycles. The minimum atomic E-state index is 0.121. The number of benzene rings is 2. The number of phenolic OH excluding ortho intramolecular Hbond substituents is 1. The number of amides is 2. The van der Waals surface area contributed by atoms with Gasteiger partial charge in [-0.05, 0) is 74.1 Å². The maximum absolute atomic E-state index is 11.7. The van der Waals surface area contributed by atoms with Crippen molar-refractivity contribution in [2.45, 2.75) is 86.2 Å². The monoisotopic (exact) mass is 593 g/mol. The first-order chi connectivity index (χ1) is 20.4. The highest BCUT2D eigenvalue weighted by Gasteiger charge is 2.28. The molecule has 0 radical (unpaired) electrons. The standard InChI is InChI=1S/C14H19NO3.C12H14N2.C8H18N2O/c1-4-14(17)15(2)11-5-9-7-12(16)13(18-3)8-10(9)6-11;1-8-4-5-11(6-9(8)2)12-13-7-10(3)14-12;1-4-8(11)10-6-5-9-7(2)3/h7-8,11,16H,4-6H2,1-3H3;4-6H,7H2,1-3H3;7,9H,4-6H2,1-3H3,(H,10,11). The maximum atomic E-state index is 11.7. The zero-order valence-corrected chi connectivity index (χ0v) is 27.5. The quantitative estimate of drug-likeness (QED) is 0.362. The number of nitrogens with one attached hydrogen (secondary N) is 2. The van der Waals surface area contributed by atoms with Gasteiger partial charge in [0.25, 0.3) is 0 Å². The van der Waals surface area contributed by atoms with Crippen molar-refractivity contribution in [1.29, 1.82) is 0 Å². The molecule has 4 rings (SSSR count). The van der Waals surface area contributed by atoms with Gasteiger partial charge in [0.1, 0.15) is 0 Å². The van der Waals surface area contributed by atoms with E-state index >= 15 is 0 Å². The van der Waals surface area contributed by atoms with Gasteiger partial charge in [-0.3, -0.25) is 14.6 Å². The second-order valence-electron chi connectivity index (χ2n) is 11.3. The van der Waals surface area contributed by atoms with Crippen LogP contribution in [0.5, 0.6) is 11.5 Å². The van der Waals surface area contributed by atoms with E-state index < -0.39 is 0 Å². The van der Waals surface area contributed by atoms with Gasteiger partial charge in [0.15, 0.2) is 17.3 Å². The Morgan fingerprint density at radius 3 is 2.23 bits per heavy atom. The fraction of sp³-hybridized carbons (Fsp3) is 0.529. The van der Waals surface area contributed by atoms with E-state index in [-0.39, 0.29) is 23.6 Å². The van der Waals surface area contributed by atoms with Crippen LogP contribution in [0.15, 0.2) is 40.3 Å². The first-order valence-corrected chi connectivity index (χ1v) is 15.2. The van der Waals surface area contributed by atoms with Crippen LogP contribution >= 0.6 is 0 Å². The molecule has 1 heterocycles. The van der Waals surface area contributed by atoms with Crippen molar-refractivity contribution < 1.29 is 19.4 Å². The Morgan fingerprint density at radius 2 is 1.70 bits per heavy atom. The number of aromatic hydroxyl groups is 1. The average Bonchev–Trinajstić information content (AvgIpc) is 3.61. The Balaban J connectivity index is 0.000000233. The summed E-state index contributed by atoms with van der Waals surface area (Å²) in [5, 5.41) is 15.7. The number of nitrogens with zero attached hydrogens (tertiary/aromatic N) is 3. The number of phenols is 1. The van der Waals surface area contributed by atoms with E-state index in [1.165, 1.54) is 11.1 Å². The fourth-order valence-corrected chi connectivity index (χ4v) is 4.67. The number of amidine groups is 1. The highest BCUT2D eigenvalue weighted by molar-refractivity contribution is 6.11. The highest BCUT2D eigenvalue weighted by atomic mass is 16.5. The summed E-state index contributed by atoms with van der Waals surface area (Å²) < 4.78 is 5.10. The highest BCUT2D eigenvalue weighted by Crippen LogP contribution is 2.35. The number of carbonyl (C=O) groups excluding carboxylic acids is 2. The van der Waals surface area contributed by atoms with Crippen LogP contribution in [0.1, 0.15) is 75.3 Å². The first-order valence-electron chi connectivity index (χ1n) is 15.2. The molecule has 1 aliphatic carbocycles. The summed E-state index contributed by atoms with van der Waals surface area (Å²) in [5.41, 5.74) is 7.10. The van der Waals surface area contributed by atoms with Crippen molar-refractivity contribution in [3.05, 3.63) is 58.1 Å². The molecule has 1 atom stereocenters. The fourth-order valence-electron chi connectivity index (χ4n) is 4.67. The minimum absolute atomic E-state index is 0.121. The van der Waals surface area contributed by atoms with Crippen molar-refractivity contribution in [1.82, 2.24) is 15.5 Å². The van der Waals surface area contributed by atoms with Gasteiger partial charge < -0.3 is 25.4 Å². The van der Waals surface area contributed by atoms with E-state index in [0.29, 0.717) is 24.6 Å². The van der Waals surface area contributed by atoms with Crippen LogP contribution in [0, 0.1) is 13.8 Å². The zero-order chi connectivity index (χ0) is 32.1. The number of carbonyl (C=O) groups is 2. The van der Waals surface area contributed by atoms with Gasteiger partial charge in [0.05, 0.1) is 13.7 Å². The molecule has 0 aromatic heterocycles. The molecule has 0 bridgehead atoms. The molecule has 0 spiro atoms. The third kappa shape index (κ3) is 11.1. The van der Waals surface area contributed by atoms with Gasteiger partial charge in [0.2, 0.25) is 11.8 Å². The van der Waals surface area contributed by atoms with Crippen molar-refractivity contribution >= 4 is 23.4 Å². The number of ether oxygens (including phenoxy) is 1. The summed E-state index contributed by atoms with van der Waals surface area (Å²) in [6, 6.07) is 10.7. The third-order valence-electron chi connectivity index (χ3n) is 7.50. The molecule has 9 nitrogen and oxygen atoms in total. The van der Waals surface area contributed by atoms with Gasteiger partial charge in [-0.2, -0.15) is 0 Å². The number of aliphatic imine (C=N–C) groups is 2. The molecule has 2 aliphatic rings. The van der Waals surface area contributed by atoms with Crippen molar-refractivity contribution in [3.63, 3.8) is 0 Å². The molecule has 0 saturated carbocycles. The Labute approximate surface area is 257 Å². The average molecular weight is 594 g/mol. The lowest BCUT2D eigenvalue weighted by molar-refractivity contribution is -0.131. The summed E-state index contributed by atoms with van der Waals surface area (Å²) in [7, 11) is 3.39. The largest absolute Gasteiger partial charge is 0.504 e. The number of fused-ring (bicyclic) bond motifs is 1. The number of rotatable bonds is 9. The van der Waals surface area contributed by atoms with E-state index in [1.54, 1.807) is 13.2 Å². The topological polar surface area (TPSA) is 116 Å². The Kier molecular flexibility index (Phi) is 14.4. The van der Waals surface area contributed by atoms with Crippen molar-refractivity contribution in [2.24, 2.45) is 9.98 Å². The summed E-state index contributed by atoms with van der Waals surface area (Å²) in [5.74, 6) is 1.82. The molecular formula is C34H51N5O4. The molecule has 1 aliphatic heterocycles. The number of aryl methyl sites for hydroxylation is 2. The van der Waals surface area contributed by atoms with Gasteiger partial charge in [0, 0.05) is 56.3 Å². The lowest BCUT2D eigenvalue weighted by Gasteiger charge is -2.23. The molecule has 236 valence electrons. The number of hydrogen-bond acceptors (Lipinski definition) is 7. The minimum Gasteiger partial charge on any atom is -0.504 e. The van der Waals surface area contributed by atoms with Crippen LogP contribution in [0.2, 0.25) is 0 Å². The van der Waals surface area contributed by atoms with Crippen molar-refractivity contribution in [3.8, 4) is 11.5 Å². The predicted octanol–water partition coefficient (Wildman–Crippen LogP) is 4.77. The van der Waals surface area contributed by atoms with E-state index in [0.717, 1.165) is 60.7 Å². The number of likely N-dealkylation sites (N-methyl/N-ethyl adjacent to an activating group) is 1.